The van der Waals surface area contributed by atoms with Gasteiger partial charge in [-0.1, -0.05) is 12.1 Å². The third kappa shape index (κ3) is 4.68. The number of hydrogen-bond donors (Lipinski definition) is 2. The molecule has 138 valence electrons. The molecule has 0 atom stereocenters. The second-order valence-corrected chi connectivity index (χ2v) is 7.34. The van der Waals surface area contributed by atoms with Gasteiger partial charge in [-0.3, -0.25) is 9.59 Å². The van der Waals surface area contributed by atoms with E-state index in [0.29, 0.717) is 30.8 Å². The van der Waals surface area contributed by atoms with Gasteiger partial charge >= 0.3 is 0 Å². The Morgan fingerprint density at radius 2 is 1.88 bits per heavy atom. The standard InChI is InChI=1S/C19H24N4O2S/c20-9-8-17-22-16(13-26-17)18(24)21-12-14-4-6-15(7-5-14)19(25)23-10-2-1-3-11-23/h4-7,13H,1-3,8-12,20H2,(H,21,24). The van der Waals surface area contributed by atoms with Crippen molar-refractivity contribution in [2.24, 2.45) is 5.73 Å². The summed E-state index contributed by atoms with van der Waals surface area (Å²) in [5.41, 5.74) is 7.58. The molecule has 0 unspecified atom stereocenters. The molecule has 2 aromatic rings. The fourth-order valence-corrected chi connectivity index (χ4v) is 3.77. The number of likely N-dealkylation sites (tertiary alicyclic amines) is 1. The predicted octanol–water partition coefficient (Wildman–Crippen LogP) is 2.20. The first-order valence-corrected chi connectivity index (χ1v) is 9.86. The summed E-state index contributed by atoms with van der Waals surface area (Å²) < 4.78 is 0. The molecule has 2 amide bonds. The molecule has 0 spiro atoms. The van der Waals surface area contributed by atoms with E-state index in [4.69, 9.17) is 5.73 Å². The Morgan fingerprint density at radius 1 is 1.15 bits per heavy atom. The zero-order valence-electron chi connectivity index (χ0n) is 14.7. The Kier molecular flexibility index (Phi) is 6.35. The van der Waals surface area contributed by atoms with Gasteiger partial charge in [-0.05, 0) is 43.5 Å². The number of hydrogen-bond acceptors (Lipinski definition) is 5. The molecule has 0 radical (unpaired) electrons. The van der Waals surface area contributed by atoms with Gasteiger partial charge in [-0.2, -0.15) is 0 Å². The van der Waals surface area contributed by atoms with Crippen molar-refractivity contribution in [3.63, 3.8) is 0 Å². The van der Waals surface area contributed by atoms with Gasteiger partial charge in [0, 0.05) is 37.0 Å². The average Bonchev–Trinajstić information content (AvgIpc) is 3.16. The lowest BCUT2D eigenvalue weighted by molar-refractivity contribution is 0.0724. The SMILES string of the molecule is NCCc1nc(C(=O)NCc2ccc(C(=O)N3CCCCC3)cc2)cs1. The Hall–Kier alpha value is -2.25. The normalized spacial score (nSPS) is 14.3. The van der Waals surface area contributed by atoms with Crippen molar-refractivity contribution in [2.45, 2.75) is 32.2 Å². The molecule has 1 fully saturated rings. The number of rotatable bonds is 6. The van der Waals surface area contributed by atoms with Gasteiger partial charge < -0.3 is 16.0 Å². The average molecular weight is 372 g/mol. The number of nitrogens with one attached hydrogen (secondary N) is 1. The molecule has 3 rings (SSSR count). The smallest absolute Gasteiger partial charge is 0.271 e. The topological polar surface area (TPSA) is 88.3 Å². The van der Waals surface area contributed by atoms with Crippen LogP contribution in [0.15, 0.2) is 29.6 Å². The van der Waals surface area contributed by atoms with Crippen LogP contribution in [0.1, 0.15) is 50.7 Å². The quantitative estimate of drug-likeness (QED) is 0.814. The third-order valence-electron chi connectivity index (χ3n) is 4.44. The Balaban J connectivity index is 1.53. The minimum absolute atomic E-state index is 0.0928. The van der Waals surface area contributed by atoms with Crippen molar-refractivity contribution in [2.75, 3.05) is 19.6 Å². The number of carbonyl (C=O) groups excluding carboxylic acids is 2. The van der Waals surface area contributed by atoms with Gasteiger partial charge in [0.15, 0.2) is 0 Å². The second kappa shape index (κ2) is 8.91. The number of amides is 2. The first-order valence-electron chi connectivity index (χ1n) is 8.98. The summed E-state index contributed by atoms with van der Waals surface area (Å²) in [6.45, 7) is 2.62. The van der Waals surface area contributed by atoms with E-state index in [1.807, 2.05) is 29.2 Å². The maximum absolute atomic E-state index is 12.5. The summed E-state index contributed by atoms with van der Waals surface area (Å²) in [6.07, 6.45) is 4.05. The molecule has 0 bridgehead atoms. The molecule has 26 heavy (non-hydrogen) atoms. The zero-order valence-corrected chi connectivity index (χ0v) is 15.6. The number of carbonyl (C=O) groups is 2. The monoisotopic (exact) mass is 372 g/mol. The first-order chi connectivity index (χ1) is 12.7. The first kappa shape index (κ1) is 18.5. The van der Waals surface area contributed by atoms with E-state index in [9.17, 15) is 9.59 Å². The van der Waals surface area contributed by atoms with Crippen LogP contribution in [0.2, 0.25) is 0 Å². The largest absolute Gasteiger partial charge is 0.347 e. The van der Waals surface area contributed by atoms with E-state index in [-0.39, 0.29) is 11.8 Å². The molecule has 2 heterocycles. The molecule has 1 aliphatic rings. The van der Waals surface area contributed by atoms with Gasteiger partial charge in [0.2, 0.25) is 0 Å². The lowest BCUT2D eigenvalue weighted by Crippen LogP contribution is -2.35. The minimum Gasteiger partial charge on any atom is -0.347 e. The van der Waals surface area contributed by atoms with Crippen LogP contribution in [0.4, 0.5) is 0 Å². The summed E-state index contributed by atoms with van der Waals surface area (Å²) in [7, 11) is 0. The summed E-state index contributed by atoms with van der Waals surface area (Å²) in [5.74, 6) is -0.104. The van der Waals surface area contributed by atoms with Crippen molar-refractivity contribution < 1.29 is 9.59 Å². The summed E-state index contributed by atoms with van der Waals surface area (Å²) in [6, 6.07) is 7.44. The fourth-order valence-electron chi connectivity index (χ4n) is 2.97. The molecule has 1 saturated heterocycles. The highest BCUT2D eigenvalue weighted by atomic mass is 32.1. The van der Waals surface area contributed by atoms with Crippen LogP contribution in [-0.2, 0) is 13.0 Å². The van der Waals surface area contributed by atoms with Crippen LogP contribution < -0.4 is 11.1 Å². The van der Waals surface area contributed by atoms with Crippen LogP contribution >= 0.6 is 11.3 Å². The van der Waals surface area contributed by atoms with E-state index in [1.54, 1.807) is 5.38 Å². The Bertz CT molecular complexity index is 751. The summed E-state index contributed by atoms with van der Waals surface area (Å²) in [4.78, 5) is 30.8. The second-order valence-electron chi connectivity index (χ2n) is 6.40. The molecule has 1 aliphatic heterocycles. The number of nitrogens with zero attached hydrogens (tertiary/aromatic N) is 2. The molecule has 6 nitrogen and oxygen atoms in total. The molecule has 0 aliphatic carbocycles. The number of piperidine rings is 1. The molecule has 1 aromatic carbocycles. The molecule has 1 aromatic heterocycles. The van der Waals surface area contributed by atoms with E-state index in [0.717, 1.165) is 36.5 Å². The van der Waals surface area contributed by atoms with Crippen LogP contribution in [0.5, 0.6) is 0 Å². The highest BCUT2D eigenvalue weighted by Crippen LogP contribution is 2.14. The number of thiazole rings is 1. The van der Waals surface area contributed by atoms with Crippen molar-refractivity contribution in [3.8, 4) is 0 Å². The van der Waals surface area contributed by atoms with Crippen molar-refractivity contribution in [1.82, 2.24) is 15.2 Å². The van der Waals surface area contributed by atoms with Crippen LogP contribution in [0, 0.1) is 0 Å². The van der Waals surface area contributed by atoms with Gasteiger partial charge in [-0.25, -0.2) is 4.98 Å². The molecule has 7 heteroatoms. The van der Waals surface area contributed by atoms with E-state index >= 15 is 0 Å². The van der Waals surface area contributed by atoms with Crippen molar-refractivity contribution in [3.05, 3.63) is 51.5 Å². The highest BCUT2D eigenvalue weighted by molar-refractivity contribution is 7.09. The zero-order chi connectivity index (χ0) is 18.4. The lowest BCUT2D eigenvalue weighted by Gasteiger charge is -2.26. The highest BCUT2D eigenvalue weighted by Gasteiger charge is 2.18. The van der Waals surface area contributed by atoms with Crippen LogP contribution in [0.25, 0.3) is 0 Å². The fraction of sp³-hybridized carbons (Fsp3) is 0.421. The molecule has 3 N–H and O–H groups in total. The summed E-state index contributed by atoms with van der Waals surface area (Å²) >= 11 is 1.45. The minimum atomic E-state index is -0.196. The van der Waals surface area contributed by atoms with Crippen molar-refractivity contribution in [1.29, 1.82) is 0 Å². The molecular formula is C19H24N4O2S. The van der Waals surface area contributed by atoms with Gasteiger partial charge in [0.25, 0.3) is 11.8 Å². The third-order valence-corrected chi connectivity index (χ3v) is 5.35. The van der Waals surface area contributed by atoms with Gasteiger partial charge in [0.05, 0.1) is 5.01 Å². The number of benzene rings is 1. The maximum Gasteiger partial charge on any atom is 0.271 e. The maximum atomic E-state index is 12.5. The lowest BCUT2D eigenvalue weighted by atomic mass is 10.1. The predicted molar refractivity (Wildman–Crippen MR) is 102 cm³/mol. The van der Waals surface area contributed by atoms with E-state index in [1.165, 1.54) is 17.8 Å². The van der Waals surface area contributed by atoms with Crippen LogP contribution in [0.3, 0.4) is 0 Å². The molecule has 0 saturated carbocycles. The molecular weight excluding hydrogens is 348 g/mol. The number of aromatic nitrogens is 1. The van der Waals surface area contributed by atoms with E-state index in [2.05, 4.69) is 10.3 Å². The summed E-state index contributed by atoms with van der Waals surface area (Å²) in [5, 5.41) is 5.49. The Morgan fingerprint density at radius 3 is 2.58 bits per heavy atom. The number of nitrogens with two attached hydrogens (primary N) is 1. The Labute approximate surface area is 157 Å². The van der Waals surface area contributed by atoms with Gasteiger partial charge in [0.1, 0.15) is 5.69 Å². The van der Waals surface area contributed by atoms with Crippen LogP contribution in [-0.4, -0.2) is 41.3 Å². The van der Waals surface area contributed by atoms with Crippen molar-refractivity contribution >= 4 is 23.2 Å². The van der Waals surface area contributed by atoms with E-state index < -0.39 is 0 Å². The van der Waals surface area contributed by atoms with Gasteiger partial charge in [-0.15, -0.1) is 11.3 Å².